The lowest BCUT2D eigenvalue weighted by atomic mass is 10.2. The molecule has 0 radical (unpaired) electrons. The zero-order valence-electron chi connectivity index (χ0n) is 10.7. The van der Waals surface area contributed by atoms with Gasteiger partial charge in [-0.3, -0.25) is 9.69 Å². The van der Waals surface area contributed by atoms with Crippen LogP contribution in [0.3, 0.4) is 0 Å². The number of rotatable bonds is 8. The minimum Gasteiger partial charge on any atom is -0.480 e. The molecule has 9 heteroatoms. The highest BCUT2D eigenvalue weighted by molar-refractivity contribution is 7.89. The highest BCUT2D eigenvalue weighted by atomic mass is 32.2. The van der Waals surface area contributed by atoms with E-state index in [2.05, 4.69) is 9.62 Å². The van der Waals surface area contributed by atoms with Gasteiger partial charge in [0.1, 0.15) is 6.04 Å². The highest BCUT2D eigenvalue weighted by Gasteiger charge is 2.17. The molecule has 0 amide bonds. The lowest BCUT2D eigenvalue weighted by Crippen LogP contribution is -2.42. The van der Waals surface area contributed by atoms with Gasteiger partial charge in [-0.1, -0.05) is 0 Å². The van der Waals surface area contributed by atoms with Crippen LogP contribution >= 0.6 is 0 Å². The summed E-state index contributed by atoms with van der Waals surface area (Å²) in [6.45, 7) is 3.86. The summed E-state index contributed by atoms with van der Waals surface area (Å²) in [7, 11) is -3.46. The fraction of sp³-hybridized carbons (Fsp3) is 0.900. The van der Waals surface area contributed by atoms with Crippen molar-refractivity contribution < 1.29 is 23.1 Å². The molecule has 1 heterocycles. The summed E-state index contributed by atoms with van der Waals surface area (Å²) >= 11 is 0. The van der Waals surface area contributed by atoms with E-state index >= 15 is 0 Å². The van der Waals surface area contributed by atoms with E-state index in [9.17, 15) is 13.2 Å². The third kappa shape index (κ3) is 6.83. The Balaban J connectivity index is 2.20. The number of hydrogen-bond acceptors (Lipinski definition) is 6. The lowest BCUT2D eigenvalue weighted by molar-refractivity contribution is -0.138. The third-order valence-corrected chi connectivity index (χ3v) is 4.29. The van der Waals surface area contributed by atoms with Crippen molar-refractivity contribution in [3.05, 3.63) is 0 Å². The first kappa shape index (κ1) is 16.3. The maximum atomic E-state index is 11.6. The van der Waals surface area contributed by atoms with Gasteiger partial charge < -0.3 is 15.6 Å². The number of carboxylic acids is 1. The van der Waals surface area contributed by atoms with Crippen LogP contribution in [0.4, 0.5) is 0 Å². The zero-order valence-corrected chi connectivity index (χ0v) is 11.6. The maximum absolute atomic E-state index is 11.6. The van der Waals surface area contributed by atoms with E-state index in [0.717, 1.165) is 13.1 Å². The van der Waals surface area contributed by atoms with Crippen LogP contribution in [0.15, 0.2) is 0 Å². The molecule has 1 saturated heterocycles. The topological polar surface area (TPSA) is 122 Å². The number of carboxylic acid groups (broad SMARTS) is 1. The molecule has 4 N–H and O–H groups in total. The molecular weight excluding hydrogens is 274 g/mol. The number of ether oxygens (including phenoxy) is 1. The fourth-order valence-electron chi connectivity index (χ4n) is 1.66. The smallest absolute Gasteiger partial charge is 0.320 e. The van der Waals surface area contributed by atoms with E-state index in [4.69, 9.17) is 15.6 Å². The van der Waals surface area contributed by atoms with E-state index in [0.29, 0.717) is 26.3 Å². The fourth-order valence-corrected chi connectivity index (χ4v) is 2.77. The molecule has 1 unspecified atom stereocenters. The molecule has 0 saturated carbocycles. The van der Waals surface area contributed by atoms with Crippen LogP contribution in [0.5, 0.6) is 0 Å². The van der Waals surface area contributed by atoms with Crippen LogP contribution < -0.4 is 10.5 Å². The van der Waals surface area contributed by atoms with E-state index in [1.165, 1.54) is 0 Å². The molecule has 0 aromatic carbocycles. The van der Waals surface area contributed by atoms with E-state index < -0.39 is 22.0 Å². The van der Waals surface area contributed by atoms with Gasteiger partial charge in [0.25, 0.3) is 0 Å². The summed E-state index contributed by atoms with van der Waals surface area (Å²) < 4.78 is 30.8. The Morgan fingerprint density at radius 3 is 2.63 bits per heavy atom. The van der Waals surface area contributed by atoms with Gasteiger partial charge in [-0.15, -0.1) is 0 Å². The maximum Gasteiger partial charge on any atom is 0.320 e. The van der Waals surface area contributed by atoms with Crippen molar-refractivity contribution in [1.29, 1.82) is 0 Å². The van der Waals surface area contributed by atoms with Crippen LogP contribution in [0.2, 0.25) is 0 Å². The Morgan fingerprint density at radius 2 is 2.05 bits per heavy atom. The minimum absolute atomic E-state index is 0.0950. The van der Waals surface area contributed by atoms with Crippen LogP contribution in [-0.2, 0) is 19.6 Å². The first-order chi connectivity index (χ1) is 8.91. The molecule has 0 aromatic heterocycles. The van der Waals surface area contributed by atoms with E-state index in [1.54, 1.807) is 0 Å². The Kier molecular flexibility index (Phi) is 6.66. The molecule has 1 aliphatic rings. The predicted molar refractivity (Wildman–Crippen MR) is 69.3 cm³/mol. The average Bonchev–Trinajstić information content (AvgIpc) is 2.37. The minimum atomic E-state index is -3.46. The largest absolute Gasteiger partial charge is 0.480 e. The number of morpholine rings is 1. The molecule has 1 fully saturated rings. The summed E-state index contributed by atoms with van der Waals surface area (Å²) in [5, 5.41) is 8.57. The standard InChI is InChI=1S/C10H21N3O5S/c11-9(10(14)15)1-8-19(16,17)12-2-3-13-4-6-18-7-5-13/h9,12H,1-8,11H2,(H,14,15). The van der Waals surface area contributed by atoms with Crippen LogP contribution in [0.25, 0.3) is 0 Å². The first-order valence-corrected chi connectivity index (χ1v) is 7.82. The summed E-state index contributed by atoms with van der Waals surface area (Å²) in [6.07, 6.45) is -0.0950. The van der Waals surface area contributed by atoms with Gasteiger partial charge in [0.05, 0.1) is 19.0 Å². The number of sulfonamides is 1. The molecule has 0 bridgehead atoms. The van der Waals surface area contributed by atoms with Gasteiger partial charge in [0.15, 0.2) is 0 Å². The number of nitrogens with two attached hydrogens (primary N) is 1. The van der Waals surface area contributed by atoms with Crippen molar-refractivity contribution in [1.82, 2.24) is 9.62 Å². The third-order valence-electron chi connectivity index (χ3n) is 2.87. The van der Waals surface area contributed by atoms with Gasteiger partial charge in [0.2, 0.25) is 10.0 Å². The number of nitrogens with zero attached hydrogens (tertiary/aromatic N) is 1. The van der Waals surface area contributed by atoms with Crippen molar-refractivity contribution in [2.75, 3.05) is 45.1 Å². The van der Waals surface area contributed by atoms with Gasteiger partial charge in [-0.2, -0.15) is 0 Å². The Morgan fingerprint density at radius 1 is 1.42 bits per heavy atom. The predicted octanol–water partition coefficient (Wildman–Crippen LogP) is -1.96. The molecule has 112 valence electrons. The summed E-state index contributed by atoms with van der Waals surface area (Å²) in [4.78, 5) is 12.6. The molecule has 0 spiro atoms. The monoisotopic (exact) mass is 295 g/mol. The van der Waals surface area contributed by atoms with Crippen molar-refractivity contribution in [2.24, 2.45) is 5.73 Å². The Hall–Kier alpha value is -0.740. The second-order valence-corrected chi connectivity index (χ2v) is 6.33. The molecule has 1 rings (SSSR count). The first-order valence-electron chi connectivity index (χ1n) is 6.16. The van der Waals surface area contributed by atoms with Crippen molar-refractivity contribution in [3.8, 4) is 0 Å². The number of hydrogen-bond donors (Lipinski definition) is 3. The molecule has 1 atom stereocenters. The molecule has 1 aliphatic heterocycles. The van der Waals surface area contributed by atoms with Crippen molar-refractivity contribution in [2.45, 2.75) is 12.5 Å². The van der Waals surface area contributed by atoms with E-state index in [1.807, 2.05) is 0 Å². The van der Waals surface area contributed by atoms with Crippen LogP contribution in [0, 0.1) is 0 Å². The van der Waals surface area contributed by atoms with Gasteiger partial charge >= 0.3 is 5.97 Å². The van der Waals surface area contributed by atoms with Crippen molar-refractivity contribution in [3.63, 3.8) is 0 Å². The molecule has 19 heavy (non-hydrogen) atoms. The number of carbonyl (C=O) groups is 1. The SMILES string of the molecule is NC(CCS(=O)(=O)NCCN1CCOCC1)C(=O)O. The summed E-state index contributed by atoms with van der Waals surface area (Å²) in [5.41, 5.74) is 5.26. The zero-order chi connectivity index (χ0) is 14.3. The average molecular weight is 295 g/mol. The number of aliphatic carboxylic acids is 1. The second-order valence-electron chi connectivity index (χ2n) is 4.40. The normalized spacial score (nSPS) is 19.2. The van der Waals surface area contributed by atoms with Gasteiger partial charge in [0, 0.05) is 26.2 Å². The van der Waals surface area contributed by atoms with E-state index in [-0.39, 0.29) is 12.2 Å². The Labute approximate surface area is 112 Å². The summed E-state index contributed by atoms with van der Waals surface area (Å²) in [6, 6.07) is -1.14. The van der Waals surface area contributed by atoms with Crippen LogP contribution in [0.1, 0.15) is 6.42 Å². The second kappa shape index (κ2) is 7.75. The molecule has 8 nitrogen and oxygen atoms in total. The lowest BCUT2D eigenvalue weighted by Gasteiger charge is -2.26. The molecule has 0 aromatic rings. The molecule has 0 aliphatic carbocycles. The highest BCUT2D eigenvalue weighted by Crippen LogP contribution is 1.97. The van der Waals surface area contributed by atoms with Gasteiger partial charge in [-0.05, 0) is 6.42 Å². The van der Waals surface area contributed by atoms with Crippen LogP contribution in [-0.4, -0.2) is 75.6 Å². The quantitative estimate of drug-likeness (QED) is 0.475. The summed E-state index contributed by atoms with van der Waals surface area (Å²) in [5.74, 6) is -1.47. The van der Waals surface area contributed by atoms with Gasteiger partial charge in [-0.25, -0.2) is 13.1 Å². The number of nitrogens with one attached hydrogen (secondary N) is 1. The Bertz CT molecular complexity index is 381. The van der Waals surface area contributed by atoms with Crippen molar-refractivity contribution >= 4 is 16.0 Å². The molecular formula is C10H21N3O5S.